The van der Waals surface area contributed by atoms with E-state index in [0.717, 1.165) is 11.1 Å². The maximum Gasteiger partial charge on any atom is 0.244 e. The molecule has 0 aliphatic rings. The summed E-state index contributed by atoms with van der Waals surface area (Å²) >= 11 is 0. The summed E-state index contributed by atoms with van der Waals surface area (Å²) in [5, 5.41) is 2.82. The zero-order chi connectivity index (χ0) is 18.2. The van der Waals surface area contributed by atoms with Crippen molar-refractivity contribution in [3.8, 4) is 5.75 Å². The molecule has 25 heavy (non-hydrogen) atoms. The molecular formula is C20H24N2O3. The normalized spacial score (nSPS) is 10.2. The van der Waals surface area contributed by atoms with E-state index < -0.39 is 0 Å². The molecule has 2 amide bonds. The molecule has 0 atom stereocenters. The topological polar surface area (TPSA) is 58.6 Å². The Hall–Kier alpha value is -2.82. The van der Waals surface area contributed by atoms with Crippen LogP contribution in [0.25, 0.3) is 0 Å². The van der Waals surface area contributed by atoms with Gasteiger partial charge in [0.2, 0.25) is 11.8 Å². The summed E-state index contributed by atoms with van der Waals surface area (Å²) in [4.78, 5) is 25.8. The first kappa shape index (κ1) is 18.5. The third kappa shape index (κ3) is 5.64. The van der Waals surface area contributed by atoms with Gasteiger partial charge in [-0.3, -0.25) is 9.59 Å². The summed E-state index contributed by atoms with van der Waals surface area (Å²) in [6.07, 6.45) is 0. The molecule has 0 radical (unpaired) electrons. The molecule has 5 nitrogen and oxygen atoms in total. The zero-order valence-electron chi connectivity index (χ0n) is 14.9. The Morgan fingerprint density at radius 1 is 1.12 bits per heavy atom. The van der Waals surface area contributed by atoms with Gasteiger partial charge in [0, 0.05) is 13.5 Å². The molecule has 0 aliphatic carbocycles. The quantitative estimate of drug-likeness (QED) is 0.840. The summed E-state index contributed by atoms with van der Waals surface area (Å²) in [7, 11) is 0. The molecule has 2 aromatic rings. The molecule has 0 saturated carbocycles. The van der Waals surface area contributed by atoms with Crippen LogP contribution in [0.3, 0.4) is 0 Å². The van der Waals surface area contributed by atoms with E-state index >= 15 is 0 Å². The molecular weight excluding hydrogens is 316 g/mol. The fourth-order valence-electron chi connectivity index (χ4n) is 2.52. The minimum absolute atomic E-state index is 0.0102. The minimum Gasteiger partial charge on any atom is -0.492 e. The Kier molecular flexibility index (Phi) is 6.57. The third-order valence-electron chi connectivity index (χ3n) is 3.70. The maximum atomic E-state index is 12.4. The van der Waals surface area contributed by atoms with Crippen LogP contribution >= 0.6 is 0 Å². The van der Waals surface area contributed by atoms with Gasteiger partial charge in [-0.05, 0) is 31.5 Å². The van der Waals surface area contributed by atoms with E-state index in [1.807, 2.05) is 50.2 Å². The predicted molar refractivity (Wildman–Crippen MR) is 98.5 cm³/mol. The number of hydrogen-bond donors (Lipinski definition) is 1. The number of nitrogens with one attached hydrogen (secondary N) is 1. The van der Waals surface area contributed by atoms with E-state index in [1.54, 1.807) is 12.1 Å². The van der Waals surface area contributed by atoms with Gasteiger partial charge in [-0.25, -0.2) is 0 Å². The Balaban J connectivity index is 2.04. The minimum atomic E-state index is -0.255. The van der Waals surface area contributed by atoms with Crippen molar-refractivity contribution in [1.82, 2.24) is 4.90 Å². The number of carbonyl (C=O) groups is 2. The lowest BCUT2D eigenvalue weighted by Crippen LogP contribution is -2.36. The van der Waals surface area contributed by atoms with Crippen molar-refractivity contribution in [3.05, 3.63) is 59.7 Å². The second kappa shape index (κ2) is 8.87. The van der Waals surface area contributed by atoms with Crippen molar-refractivity contribution in [2.75, 3.05) is 18.5 Å². The van der Waals surface area contributed by atoms with Gasteiger partial charge in [0.25, 0.3) is 0 Å². The molecule has 0 spiro atoms. The van der Waals surface area contributed by atoms with Gasteiger partial charge < -0.3 is 15.0 Å². The number of aryl methyl sites for hydroxylation is 1. The van der Waals surface area contributed by atoms with Crippen molar-refractivity contribution in [1.29, 1.82) is 0 Å². The summed E-state index contributed by atoms with van der Waals surface area (Å²) in [6.45, 7) is 6.26. The van der Waals surface area contributed by atoms with Gasteiger partial charge in [-0.2, -0.15) is 0 Å². The van der Waals surface area contributed by atoms with Crippen LogP contribution in [0.4, 0.5) is 5.69 Å². The number of anilines is 1. The highest BCUT2D eigenvalue weighted by Gasteiger charge is 2.15. The first-order chi connectivity index (χ1) is 12.0. The lowest BCUT2D eigenvalue weighted by Gasteiger charge is -2.21. The van der Waals surface area contributed by atoms with Crippen molar-refractivity contribution in [2.45, 2.75) is 27.3 Å². The Bertz CT molecular complexity index is 743. The molecule has 0 unspecified atom stereocenters. The average Bonchev–Trinajstić information content (AvgIpc) is 2.56. The smallest absolute Gasteiger partial charge is 0.244 e. The van der Waals surface area contributed by atoms with Gasteiger partial charge in [0.1, 0.15) is 12.3 Å². The van der Waals surface area contributed by atoms with E-state index in [9.17, 15) is 9.59 Å². The molecule has 5 heteroatoms. The van der Waals surface area contributed by atoms with Gasteiger partial charge in [-0.15, -0.1) is 0 Å². The lowest BCUT2D eigenvalue weighted by molar-refractivity contribution is -0.133. The molecule has 132 valence electrons. The standard InChI is InChI=1S/C20H24N2O3/c1-4-25-19-11-6-5-10-18(19)21-20(24)14-22(16(3)23)13-17-9-7-8-15(2)12-17/h5-12H,4,13-14H2,1-3H3,(H,21,24). The van der Waals surface area contributed by atoms with Crippen LogP contribution in [-0.2, 0) is 16.1 Å². The second-order valence-electron chi connectivity index (χ2n) is 5.84. The van der Waals surface area contributed by atoms with Crippen LogP contribution in [0.5, 0.6) is 5.75 Å². The largest absolute Gasteiger partial charge is 0.492 e. The molecule has 0 saturated heterocycles. The van der Waals surface area contributed by atoms with E-state index in [2.05, 4.69) is 5.32 Å². The summed E-state index contributed by atoms with van der Waals surface area (Å²) in [6, 6.07) is 15.2. The first-order valence-electron chi connectivity index (χ1n) is 8.32. The fourth-order valence-corrected chi connectivity index (χ4v) is 2.52. The van der Waals surface area contributed by atoms with Crippen molar-refractivity contribution in [2.24, 2.45) is 0 Å². The molecule has 0 bridgehead atoms. The zero-order valence-corrected chi connectivity index (χ0v) is 14.9. The molecule has 2 rings (SSSR count). The van der Waals surface area contributed by atoms with E-state index in [1.165, 1.54) is 11.8 Å². The molecule has 2 aromatic carbocycles. The number of rotatable bonds is 7. The highest BCUT2D eigenvalue weighted by Crippen LogP contribution is 2.23. The first-order valence-corrected chi connectivity index (χ1v) is 8.32. The van der Waals surface area contributed by atoms with Crippen molar-refractivity contribution < 1.29 is 14.3 Å². The van der Waals surface area contributed by atoms with Crippen molar-refractivity contribution in [3.63, 3.8) is 0 Å². The number of hydrogen-bond acceptors (Lipinski definition) is 3. The molecule has 0 aromatic heterocycles. The maximum absolute atomic E-state index is 12.4. The Labute approximate surface area is 148 Å². The van der Waals surface area contributed by atoms with Crippen LogP contribution in [0, 0.1) is 6.92 Å². The lowest BCUT2D eigenvalue weighted by atomic mass is 10.1. The van der Waals surface area contributed by atoms with Crippen LogP contribution < -0.4 is 10.1 Å². The number of amides is 2. The van der Waals surface area contributed by atoms with Crippen LogP contribution in [0.2, 0.25) is 0 Å². The summed E-state index contributed by atoms with van der Waals surface area (Å²) < 4.78 is 5.50. The van der Waals surface area contributed by atoms with E-state index in [0.29, 0.717) is 24.6 Å². The summed E-state index contributed by atoms with van der Waals surface area (Å²) in [5.41, 5.74) is 2.72. The van der Waals surface area contributed by atoms with Crippen LogP contribution in [0.15, 0.2) is 48.5 Å². The van der Waals surface area contributed by atoms with Gasteiger partial charge in [0.05, 0.1) is 12.3 Å². The second-order valence-corrected chi connectivity index (χ2v) is 5.84. The molecule has 0 heterocycles. The van der Waals surface area contributed by atoms with Gasteiger partial charge >= 0.3 is 0 Å². The monoisotopic (exact) mass is 340 g/mol. The van der Waals surface area contributed by atoms with Crippen molar-refractivity contribution >= 4 is 17.5 Å². The predicted octanol–water partition coefficient (Wildman–Crippen LogP) is 3.38. The van der Waals surface area contributed by atoms with Gasteiger partial charge in [0.15, 0.2) is 0 Å². The Morgan fingerprint density at radius 2 is 1.88 bits per heavy atom. The number of ether oxygens (including phenoxy) is 1. The Morgan fingerprint density at radius 3 is 2.56 bits per heavy atom. The fraction of sp³-hybridized carbons (Fsp3) is 0.300. The van der Waals surface area contributed by atoms with E-state index in [4.69, 9.17) is 4.74 Å². The third-order valence-corrected chi connectivity index (χ3v) is 3.70. The van der Waals surface area contributed by atoms with Crippen LogP contribution in [0.1, 0.15) is 25.0 Å². The number of carbonyl (C=O) groups excluding carboxylic acids is 2. The van der Waals surface area contributed by atoms with Gasteiger partial charge in [-0.1, -0.05) is 42.0 Å². The highest BCUT2D eigenvalue weighted by molar-refractivity contribution is 5.95. The van der Waals surface area contributed by atoms with E-state index in [-0.39, 0.29) is 18.4 Å². The van der Waals surface area contributed by atoms with Crippen LogP contribution in [-0.4, -0.2) is 29.9 Å². The summed E-state index contributed by atoms with van der Waals surface area (Å²) in [5.74, 6) is 0.219. The number of nitrogens with zero attached hydrogens (tertiary/aromatic N) is 1. The number of benzene rings is 2. The molecule has 1 N–H and O–H groups in total. The SMILES string of the molecule is CCOc1ccccc1NC(=O)CN(Cc1cccc(C)c1)C(C)=O. The number of para-hydroxylation sites is 2. The average molecular weight is 340 g/mol. The molecule has 0 aliphatic heterocycles. The highest BCUT2D eigenvalue weighted by atomic mass is 16.5. The molecule has 0 fully saturated rings.